The molecule has 0 aromatic carbocycles. The molecule has 2 aromatic heterocycles. The van der Waals surface area contributed by atoms with E-state index in [4.69, 9.17) is 0 Å². The fraction of sp³-hybridized carbons (Fsp3) is 0. The summed E-state index contributed by atoms with van der Waals surface area (Å²) in [7, 11) is 0. The Morgan fingerprint density at radius 3 is 2.57 bits per heavy atom. The predicted octanol–water partition coefficient (Wildman–Crippen LogP) is 1.75. The number of nitrogens with one attached hydrogen (secondary N) is 1. The maximum Gasteiger partial charge on any atom is 0.150 e. The molecule has 2 heterocycles. The zero-order valence-electron chi connectivity index (χ0n) is 7.18. The summed E-state index contributed by atoms with van der Waals surface area (Å²) in [6, 6.07) is 2.86. The first-order valence-corrected chi connectivity index (χ1v) is 3.99. The second kappa shape index (κ2) is 3.78. The zero-order valence-corrected chi connectivity index (χ0v) is 7.18. The van der Waals surface area contributed by atoms with Crippen LogP contribution in [-0.2, 0) is 0 Å². The van der Waals surface area contributed by atoms with Gasteiger partial charge in [-0.1, -0.05) is 0 Å². The van der Waals surface area contributed by atoms with Crippen LogP contribution in [0.4, 0.5) is 16.0 Å². The minimum absolute atomic E-state index is 0.366. The van der Waals surface area contributed by atoms with Crippen molar-refractivity contribution in [3.05, 3.63) is 42.7 Å². The molecule has 2 aromatic rings. The van der Waals surface area contributed by atoms with E-state index in [1.165, 1.54) is 12.1 Å². The van der Waals surface area contributed by atoms with E-state index in [2.05, 4.69) is 20.3 Å². The van der Waals surface area contributed by atoms with Crippen molar-refractivity contribution in [2.45, 2.75) is 0 Å². The average Bonchev–Trinajstić information content (AvgIpc) is 2.23. The highest BCUT2D eigenvalue weighted by Gasteiger charge is 1.96. The maximum atomic E-state index is 12.5. The van der Waals surface area contributed by atoms with E-state index in [-0.39, 0.29) is 5.82 Å². The number of nitrogens with zero attached hydrogens (tertiary/aromatic N) is 3. The summed E-state index contributed by atoms with van der Waals surface area (Å²) < 4.78 is 12.5. The van der Waals surface area contributed by atoms with Gasteiger partial charge in [0.1, 0.15) is 17.5 Å². The number of anilines is 2. The quantitative estimate of drug-likeness (QED) is 0.783. The maximum absolute atomic E-state index is 12.5. The van der Waals surface area contributed by atoms with Crippen molar-refractivity contribution < 1.29 is 4.39 Å². The topological polar surface area (TPSA) is 50.7 Å². The lowest BCUT2D eigenvalue weighted by Crippen LogP contribution is -1.95. The summed E-state index contributed by atoms with van der Waals surface area (Å²) in [4.78, 5) is 11.7. The smallest absolute Gasteiger partial charge is 0.150 e. The lowest BCUT2D eigenvalue weighted by molar-refractivity contribution is 0.622. The van der Waals surface area contributed by atoms with Crippen molar-refractivity contribution in [1.29, 1.82) is 0 Å². The third-order valence-corrected chi connectivity index (χ3v) is 1.55. The first kappa shape index (κ1) is 8.55. The molecule has 0 amide bonds. The molecule has 0 radical (unpaired) electrons. The minimum atomic E-state index is -0.366. The van der Waals surface area contributed by atoms with Crippen molar-refractivity contribution >= 4 is 11.6 Å². The van der Waals surface area contributed by atoms with E-state index in [9.17, 15) is 4.39 Å². The molecule has 0 fully saturated rings. The summed E-state index contributed by atoms with van der Waals surface area (Å²) in [6.07, 6.45) is 5.83. The number of pyridine rings is 1. The molecule has 0 spiro atoms. The number of aromatic nitrogens is 3. The molecule has 0 saturated heterocycles. The van der Waals surface area contributed by atoms with Crippen molar-refractivity contribution in [2.24, 2.45) is 0 Å². The third kappa shape index (κ3) is 2.01. The third-order valence-electron chi connectivity index (χ3n) is 1.55. The highest BCUT2D eigenvalue weighted by atomic mass is 19.1. The average molecular weight is 190 g/mol. The second-order valence-corrected chi connectivity index (χ2v) is 2.58. The van der Waals surface area contributed by atoms with Crippen LogP contribution in [0.5, 0.6) is 0 Å². The Labute approximate surface area is 79.9 Å². The molecule has 4 nitrogen and oxygen atoms in total. The molecule has 14 heavy (non-hydrogen) atoms. The largest absolute Gasteiger partial charge is 0.324 e. The summed E-state index contributed by atoms with van der Waals surface area (Å²) >= 11 is 0. The number of rotatable bonds is 2. The van der Waals surface area contributed by atoms with Gasteiger partial charge >= 0.3 is 0 Å². The molecular formula is C9H7FN4. The molecule has 70 valence electrons. The fourth-order valence-electron chi connectivity index (χ4n) is 0.945. The van der Waals surface area contributed by atoms with E-state index < -0.39 is 0 Å². The number of halogens is 1. The van der Waals surface area contributed by atoms with E-state index >= 15 is 0 Å². The van der Waals surface area contributed by atoms with Gasteiger partial charge in [0.2, 0.25) is 0 Å². The van der Waals surface area contributed by atoms with Gasteiger partial charge in [-0.2, -0.15) is 0 Å². The molecule has 0 bridgehead atoms. The standard InChI is InChI=1S/C9H7FN4/c10-7-1-2-8(13-5-7)14-9-6-11-3-4-12-9/h1-6H,(H,12,13,14). The van der Waals surface area contributed by atoms with Gasteiger partial charge in [0.25, 0.3) is 0 Å². The summed E-state index contributed by atoms with van der Waals surface area (Å²) in [5.74, 6) is 0.744. The SMILES string of the molecule is Fc1ccc(Nc2cnccn2)nc1. The lowest BCUT2D eigenvalue weighted by atomic mass is 10.4. The van der Waals surface area contributed by atoms with Crippen molar-refractivity contribution in [2.75, 3.05) is 5.32 Å². The van der Waals surface area contributed by atoms with Gasteiger partial charge in [0.15, 0.2) is 0 Å². The summed E-state index contributed by atoms with van der Waals surface area (Å²) in [5, 5.41) is 2.88. The van der Waals surface area contributed by atoms with Gasteiger partial charge in [-0.3, -0.25) is 4.98 Å². The Kier molecular flexibility index (Phi) is 2.31. The van der Waals surface area contributed by atoms with Gasteiger partial charge < -0.3 is 5.32 Å². The van der Waals surface area contributed by atoms with Crippen LogP contribution in [-0.4, -0.2) is 15.0 Å². The van der Waals surface area contributed by atoms with E-state index in [1.54, 1.807) is 18.6 Å². The molecule has 0 unspecified atom stereocenters. The molecule has 0 aliphatic rings. The number of hydrogen-bond acceptors (Lipinski definition) is 4. The second-order valence-electron chi connectivity index (χ2n) is 2.58. The highest BCUT2D eigenvalue weighted by Crippen LogP contribution is 2.09. The van der Waals surface area contributed by atoms with Crippen LogP contribution >= 0.6 is 0 Å². The van der Waals surface area contributed by atoms with Gasteiger partial charge in [-0.15, -0.1) is 0 Å². The molecule has 0 aliphatic heterocycles. The molecule has 0 saturated carbocycles. The monoisotopic (exact) mass is 190 g/mol. The Morgan fingerprint density at radius 2 is 1.93 bits per heavy atom. The van der Waals surface area contributed by atoms with Gasteiger partial charge in [0.05, 0.1) is 12.4 Å². The Morgan fingerprint density at radius 1 is 1.00 bits per heavy atom. The first-order valence-electron chi connectivity index (χ1n) is 3.99. The molecular weight excluding hydrogens is 183 g/mol. The summed E-state index contributed by atoms with van der Waals surface area (Å²) in [5.41, 5.74) is 0. The van der Waals surface area contributed by atoms with Crippen LogP contribution in [0.2, 0.25) is 0 Å². The lowest BCUT2D eigenvalue weighted by Gasteiger charge is -2.02. The molecule has 0 aliphatic carbocycles. The van der Waals surface area contributed by atoms with Crippen LogP contribution in [0.15, 0.2) is 36.9 Å². The first-order chi connectivity index (χ1) is 6.84. The van der Waals surface area contributed by atoms with Crippen molar-refractivity contribution in [1.82, 2.24) is 15.0 Å². The Balaban J connectivity index is 2.16. The van der Waals surface area contributed by atoms with Crippen LogP contribution in [0, 0.1) is 5.82 Å². The molecule has 0 atom stereocenters. The normalized spacial score (nSPS) is 9.79. The highest BCUT2D eigenvalue weighted by molar-refractivity contribution is 5.49. The van der Waals surface area contributed by atoms with Gasteiger partial charge in [0, 0.05) is 12.4 Å². The number of hydrogen-bond donors (Lipinski definition) is 1. The molecule has 2 rings (SSSR count). The van der Waals surface area contributed by atoms with Crippen molar-refractivity contribution in [3.63, 3.8) is 0 Å². The van der Waals surface area contributed by atoms with Gasteiger partial charge in [-0.25, -0.2) is 14.4 Å². The van der Waals surface area contributed by atoms with E-state index in [1.807, 2.05) is 0 Å². The van der Waals surface area contributed by atoms with E-state index in [0.29, 0.717) is 11.6 Å². The Bertz CT molecular complexity index is 401. The Hall–Kier alpha value is -2.04. The zero-order chi connectivity index (χ0) is 9.80. The van der Waals surface area contributed by atoms with Crippen LogP contribution in [0.3, 0.4) is 0 Å². The van der Waals surface area contributed by atoms with E-state index in [0.717, 1.165) is 6.20 Å². The van der Waals surface area contributed by atoms with Gasteiger partial charge in [-0.05, 0) is 12.1 Å². The minimum Gasteiger partial charge on any atom is -0.324 e. The van der Waals surface area contributed by atoms with Crippen molar-refractivity contribution in [3.8, 4) is 0 Å². The summed E-state index contributed by atoms with van der Waals surface area (Å²) in [6.45, 7) is 0. The van der Waals surface area contributed by atoms with Crippen LogP contribution in [0.25, 0.3) is 0 Å². The fourth-order valence-corrected chi connectivity index (χ4v) is 0.945. The van der Waals surface area contributed by atoms with Crippen LogP contribution in [0.1, 0.15) is 0 Å². The molecule has 5 heteroatoms. The molecule has 1 N–H and O–H groups in total. The van der Waals surface area contributed by atoms with Crippen LogP contribution < -0.4 is 5.32 Å². The predicted molar refractivity (Wildman–Crippen MR) is 49.5 cm³/mol.